The Labute approximate surface area is 146 Å². The number of aliphatic imine (C=N–C) groups is 1. The van der Waals surface area contributed by atoms with Crippen molar-refractivity contribution in [3.8, 4) is 0 Å². The predicted molar refractivity (Wildman–Crippen MR) is 96.1 cm³/mol. The Bertz CT molecular complexity index is 797. The molecule has 0 saturated carbocycles. The zero-order valence-electron chi connectivity index (χ0n) is 14.4. The fraction of sp³-hybridized carbons (Fsp3) is 0.250. The number of halogens is 2. The largest absolute Gasteiger partial charge is 0.353 e. The molecule has 1 aliphatic rings. The molecule has 2 aromatic rings. The normalized spacial score (nSPS) is 14.2. The van der Waals surface area contributed by atoms with Gasteiger partial charge in [0.15, 0.2) is 11.7 Å². The Morgan fingerprint density at radius 3 is 2.48 bits per heavy atom. The maximum Gasteiger partial charge on any atom is 0.181 e. The van der Waals surface area contributed by atoms with Crippen molar-refractivity contribution in [1.29, 1.82) is 0 Å². The number of likely N-dealkylation sites (N-methyl/N-ethyl adjacent to an activating group) is 1. The summed E-state index contributed by atoms with van der Waals surface area (Å²) in [7, 11) is 1.72. The number of rotatable bonds is 4. The highest BCUT2D eigenvalue weighted by molar-refractivity contribution is 5.96. The maximum atomic E-state index is 14.5. The van der Waals surface area contributed by atoms with Crippen LogP contribution >= 0.6 is 0 Å². The first-order valence-electron chi connectivity index (χ1n) is 8.19. The van der Waals surface area contributed by atoms with Gasteiger partial charge in [-0.3, -0.25) is 0 Å². The molecule has 0 spiro atoms. The minimum absolute atomic E-state index is 0.253. The van der Waals surface area contributed by atoms with Gasteiger partial charge in [0, 0.05) is 31.9 Å². The molecule has 0 bridgehead atoms. The third-order valence-corrected chi connectivity index (χ3v) is 4.14. The van der Waals surface area contributed by atoms with Crippen molar-refractivity contribution in [3.63, 3.8) is 0 Å². The van der Waals surface area contributed by atoms with Gasteiger partial charge in [-0.05, 0) is 18.6 Å². The van der Waals surface area contributed by atoms with Crippen molar-refractivity contribution in [3.05, 3.63) is 83.1 Å². The van der Waals surface area contributed by atoms with Crippen LogP contribution in [-0.4, -0.2) is 29.4 Å². The van der Waals surface area contributed by atoms with Gasteiger partial charge in [0.2, 0.25) is 0 Å². The minimum Gasteiger partial charge on any atom is -0.353 e. The van der Waals surface area contributed by atoms with Crippen molar-refractivity contribution in [2.24, 2.45) is 4.99 Å². The van der Waals surface area contributed by atoms with Crippen molar-refractivity contribution < 1.29 is 8.78 Å². The number of aryl methyl sites for hydroxylation is 1. The van der Waals surface area contributed by atoms with Gasteiger partial charge in [0.1, 0.15) is 12.5 Å². The van der Waals surface area contributed by atoms with Gasteiger partial charge in [0.05, 0.1) is 0 Å². The Hall–Kier alpha value is -2.69. The van der Waals surface area contributed by atoms with Gasteiger partial charge in [-0.2, -0.15) is 0 Å². The Kier molecular flexibility index (Phi) is 5.12. The fourth-order valence-corrected chi connectivity index (χ4v) is 2.78. The third kappa shape index (κ3) is 4.24. The van der Waals surface area contributed by atoms with Gasteiger partial charge >= 0.3 is 0 Å². The molecule has 0 aromatic heterocycles. The van der Waals surface area contributed by atoms with Crippen molar-refractivity contribution >= 4 is 5.84 Å². The summed E-state index contributed by atoms with van der Waals surface area (Å²) in [6.45, 7) is 3.27. The van der Waals surface area contributed by atoms with Crippen LogP contribution in [0, 0.1) is 12.7 Å². The van der Waals surface area contributed by atoms with Crippen LogP contribution in [-0.2, 0) is 13.1 Å². The van der Waals surface area contributed by atoms with E-state index in [2.05, 4.69) is 4.99 Å². The Balaban J connectivity index is 1.65. The van der Waals surface area contributed by atoms with E-state index in [9.17, 15) is 8.78 Å². The highest BCUT2D eigenvalue weighted by Crippen LogP contribution is 2.18. The quantitative estimate of drug-likeness (QED) is 0.828. The topological polar surface area (TPSA) is 18.8 Å². The molecule has 1 aliphatic heterocycles. The summed E-state index contributed by atoms with van der Waals surface area (Å²) in [5, 5.41) is 0. The van der Waals surface area contributed by atoms with Gasteiger partial charge < -0.3 is 9.80 Å². The summed E-state index contributed by atoms with van der Waals surface area (Å²) < 4.78 is 28.2. The van der Waals surface area contributed by atoms with Gasteiger partial charge in [0.25, 0.3) is 0 Å². The average Bonchev–Trinajstić information content (AvgIpc) is 2.59. The number of amidine groups is 1. The van der Waals surface area contributed by atoms with E-state index in [0.717, 1.165) is 5.56 Å². The maximum absolute atomic E-state index is 14.5. The number of hydrogen-bond acceptors (Lipinski definition) is 3. The first kappa shape index (κ1) is 17.1. The molecule has 5 heteroatoms. The smallest absolute Gasteiger partial charge is 0.181 e. The first-order chi connectivity index (χ1) is 12.0. The van der Waals surface area contributed by atoms with E-state index in [1.165, 1.54) is 17.8 Å². The van der Waals surface area contributed by atoms with Crippen LogP contribution in [0.5, 0.6) is 0 Å². The molecule has 3 nitrogen and oxygen atoms in total. The second-order valence-electron chi connectivity index (χ2n) is 6.28. The zero-order chi connectivity index (χ0) is 17.8. The molecule has 0 N–H and O–H groups in total. The molecule has 3 rings (SSSR count). The number of hydrogen-bond donors (Lipinski definition) is 0. The highest BCUT2D eigenvalue weighted by Gasteiger charge is 2.19. The third-order valence-electron chi connectivity index (χ3n) is 4.14. The molecule has 0 atom stereocenters. The first-order valence-corrected chi connectivity index (χ1v) is 8.19. The van der Waals surface area contributed by atoms with E-state index >= 15 is 0 Å². The molecule has 0 amide bonds. The van der Waals surface area contributed by atoms with Crippen LogP contribution in [0.4, 0.5) is 8.78 Å². The van der Waals surface area contributed by atoms with Crippen LogP contribution in [0.2, 0.25) is 0 Å². The van der Waals surface area contributed by atoms with Gasteiger partial charge in [-0.15, -0.1) is 0 Å². The van der Waals surface area contributed by atoms with Crippen LogP contribution < -0.4 is 0 Å². The standard InChI is InChI=1S/C20H21F2N3/c1-15-7-9-16(10-8-15)11-25-13-19(22)20(23-14-25)24(2)12-17-5-3-4-6-18(17)21/h3-10,13H,11-12,14H2,1-2H3. The average molecular weight is 341 g/mol. The highest BCUT2D eigenvalue weighted by atomic mass is 19.1. The summed E-state index contributed by atoms with van der Waals surface area (Å²) in [6.07, 6.45) is 1.47. The SMILES string of the molecule is Cc1ccc(CN2C=C(F)C(N(C)Cc3ccccc3F)=NC2)cc1. The summed E-state index contributed by atoms with van der Waals surface area (Å²) in [4.78, 5) is 7.79. The van der Waals surface area contributed by atoms with Crippen LogP contribution in [0.15, 0.2) is 65.6 Å². The van der Waals surface area contributed by atoms with Gasteiger partial charge in [-0.25, -0.2) is 13.8 Å². The number of nitrogens with zero attached hydrogens (tertiary/aromatic N) is 3. The molecular formula is C20H21F2N3. The second-order valence-corrected chi connectivity index (χ2v) is 6.28. The summed E-state index contributed by atoms with van der Waals surface area (Å²) in [6, 6.07) is 14.6. The van der Waals surface area contributed by atoms with E-state index in [0.29, 0.717) is 18.8 Å². The molecule has 0 saturated heterocycles. The van der Waals surface area contributed by atoms with E-state index < -0.39 is 5.83 Å². The van der Waals surface area contributed by atoms with E-state index in [1.54, 1.807) is 30.1 Å². The van der Waals surface area contributed by atoms with E-state index in [4.69, 9.17) is 0 Å². The molecular weight excluding hydrogens is 320 g/mol. The van der Waals surface area contributed by atoms with Crippen molar-refractivity contribution in [1.82, 2.24) is 9.80 Å². The van der Waals surface area contributed by atoms with Crippen LogP contribution in [0.3, 0.4) is 0 Å². The lowest BCUT2D eigenvalue weighted by molar-refractivity contribution is 0.351. The Morgan fingerprint density at radius 1 is 1.08 bits per heavy atom. The monoisotopic (exact) mass is 341 g/mol. The van der Waals surface area contributed by atoms with Crippen molar-refractivity contribution in [2.75, 3.05) is 13.7 Å². The lowest BCUT2D eigenvalue weighted by atomic mass is 10.1. The second kappa shape index (κ2) is 7.47. The molecule has 1 heterocycles. The molecule has 2 aromatic carbocycles. The lowest BCUT2D eigenvalue weighted by Crippen LogP contribution is -2.33. The van der Waals surface area contributed by atoms with Crippen LogP contribution in [0.1, 0.15) is 16.7 Å². The van der Waals surface area contributed by atoms with Crippen molar-refractivity contribution in [2.45, 2.75) is 20.0 Å². The Morgan fingerprint density at radius 2 is 1.80 bits per heavy atom. The molecule has 0 unspecified atom stereocenters. The summed E-state index contributed by atoms with van der Waals surface area (Å²) in [5.41, 5.74) is 2.81. The van der Waals surface area contributed by atoms with Crippen LogP contribution in [0.25, 0.3) is 0 Å². The molecule has 25 heavy (non-hydrogen) atoms. The number of benzene rings is 2. The molecule has 130 valence electrons. The van der Waals surface area contributed by atoms with Gasteiger partial charge in [-0.1, -0.05) is 48.0 Å². The zero-order valence-corrected chi connectivity index (χ0v) is 14.4. The fourth-order valence-electron chi connectivity index (χ4n) is 2.78. The molecule has 0 aliphatic carbocycles. The molecule has 0 fully saturated rings. The van der Waals surface area contributed by atoms with E-state index in [-0.39, 0.29) is 18.2 Å². The summed E-state index contributed by atoms with van der Waals surface area (Å²) in [5.74, 6) is -0.447. The lowest BCUT2D eigenvalue weighted by Gasteiger charge is -2.27. The summed E-state index contributed by atoms with van der Waals surface area (Å²) >= 11 is 0. The predicted octanol–water partition coefficient (Wildman–Crippen LogP) is 4.25. The molecule has 0 radical (unpaired) electrons. The minimum atomic E-state index is -0.405. The van der Waals surface area contributed by atoms with E-state index in [1.807, 2.05) is 36.1 Å².